The molecule has 0 unspecified atom stereocenters. The van der Waals surface area contributed by atoms with Gasteiger partial charge in [-0.1, -0.05) is 30.0 Å². The van der Waals surface area contributed by atoms with Gasteiger partial charge in [-0.05, 0) is 23.6 Å². The van der Waals surface area contributed by atoms with Crippen molar-refractivity contribution in [2.45, 2.75) is 18.2 Å². The maximum atomic E-state index is 12.9. The highest BCUT2D eigenvalue weighted by Gasteiger charge is 2.18. The van der Waals surface area contributed by atoms with Crippen LogP contribution in [0.25, 0.3) is 26.9 Å². The zero-order valence-corrected chi connectivity index (χ0v) is 19.7. The number of nitrogens with zero attached hydrogens (tertiary/aromatic N) is 6. The molecule has 10 nitrogen and oxygen atoms in total. The van der Waals surface area contributed by atoms with Crippen LogP contribution in [0.5, 0.6) is 0 Å². The van der Waals surface area contributed by atoms with Gasteiger partial charge < -0.3 is 9.88 Å². The zero-order valence-electron chi connectivity index (χ0n) is 18.1. The minimum absolute atomic E-state index is 0.0944. The van der Waals surface area contributed by atoms with E-state index in [1.807, 2.05) is 17.5 Å². The lowest BCUT2D eigenvalue weighted by atomic mass is 10.2. The zero-order chi connectivity index (χ0) is 23.8. The second-order valence-corrected chi connectivity index (χ2v) is 9.38. The van der Waals surface area contributed by atoms with E-state index in [2.05, 4.69) is 26.7 Å². The summed E-state index contributed by atoms with van der Waals surface area (Å²) in [7, 11) is 1.65. The average molecular weight is 494 g/mol. The van der Waals surface area contributed by atoms with Crippen molar-refractivity contribution in [2.24, 2.45) is 0 Å². The predicted octanol–water partition coefficient (Wildman–Crippen LogP) is 2.28. The van der Waals surface area contributed by atoms with Gasteiger partial charge in [0.1, 0.15) is 10.5 Å². The molecule has 4 aromatic heterocycles. The fourth-order valence-electron chi connectivity index (χ4n) is 3.67. The number of allylic oxidation sites excluding steroid dienone is 1. The molecule has 34 heavy (non-hydrogen) atoms. The SMILES string of the molecule is C=CCn1c(=O)c2ccccc2n2c(SCC(=O)N(C)Cc3nc4ccsc4c(=O)[nH]3)nnc12. The number of carbonyl (C=O) groups excluding carboxylic acids is 1. The lowest BCUT2D eigenvalue weighted by Gasteiger charge is -2.16. The summed E-state index contributed by atoms with van der Waals surface area (Å²) in [5.41, 5.74) is 0.901. The molecule has 0 saturated carbocycles. The van der Waals surface area contributed by atoms with Gasteiger partial charge in [-0.25, -0.2) is 4.98 Å². The number of fused-ring (bicyclic) bond motifs is 4. The first-order valence-corrected chi connectivity index (χ1v) is 12.1. The van der Waals surface area contributed by atoms with Crippen LogP contribution in [0.3, 0.4) is 0 Å². The first-order valence-electron chi connectivity index (χ1n) is 10.3. The number of amides is 1. The Balaban J connectivity index is 1.40. The summed E-state index contributed by atoms with van der Waals surface area (Å²) in [5, 5.41) is 11.3. The molecule has 0 radical (unpaired) electrons. The van der Waals surface area contributed by atoms with Crippen molar-refractivity contribution in [1.82, 2.24) is 34.0 Å². The van der Waals surface area contributed by atoms with E-state index < -0.39 is 0 Å². The first-order chi connectivity index (χ1) is 16.5. The van der Waals surface area contributed by atoms with E-state index in [1.165, 1.54) is 32.6 Å². The number of aromatic amines is 1. The number of thioether (sulfide) groups is 1. The summed E-state index contributed by atoms with van der Waals surface area (Å²) in [6.45, 7) is 4.18. The van der Waals surface area contributed by atoms with Crippen molar-refractivity contribution in [3.05, 3.63) is 74.9 Å². The number of rotatable bonds is 7. The summed E-state index contributed by atoms with van der Waals surface area (Å²) < 4.78 is 3.85. The van der Waals surface area contributed by atoms with Crippen LogP contribution in [0.4, 0.5) is 0 Å². The fourth-order valence-corrected chi connectivity index (χ4v) is 5.27. The Kier molecular flexibility index (Phi) is 5.75. The number of carbonyl (C=O) groups is 1. The van der Waals surface area contributed by atoms with Gasteiger partial charge in [0.05, 0.1) is 28.7 Å². The smallest absolute Gasteiger partial charge is 0.268 e. The molecule has 0 saturated heterocycles. The Hall–Kier alpha value is -3.77. The maximum absolute atomic E-state index is 12.9. The van der Waals surface area contributed by atoms with Crippen LogP contribution in [0.15, 0.2) is 63.1 Å². The number of hydrogen-bond donors (Lipinski definition) is 1. The number of H-pyrrole nitrogens is 1. The molecular weight excluding hydrogens is 474 g/mol. The van der Waals surface area contributed by atoms with Crippen LogP contribution in [-0.4, -0.2) is 52.7 Å². The van der Waals surface area contributed by atoms with Gasteiger partial charge in [-0.2, -0.15) is 0 Å². The Labute approximate surface area is 200 Å². The largest absolute Gasteiger partial charge is 0.338 e. The summed E-state index contributed by atoms with van der Waals surface area (Å²) in [6, 6.07) is 9.00. The van der Waals surface area contributed by atoms with E-state index in [4.69, 9.17) is 0 Å². The third kappa shape index (κ3) is 3.80. The van der Waals surface area contributed by atoms with Crippen molar-refractivity contribution >= 4 is 55.9 Å². The van der Waals surface area contributed by atoms with Crippen molar-refractivity contribution in [3.63, 3.8) is 0 Å². The van der Waals surface area contributed by atoms with Crippen LogP contribution < -0.4 is 11.1 Å². The molecule has 0 fully saturated rings. The number of nitrogens with one attached hydrogen (secondary N) is 1. The number of para-hydroxylation sites is 1. The Morgan fingerprint density at radius 1 is 1.26 bits per heavy atom. The van der Waals surface area contributed by atoms with E-state index in [1.54, 1.807) is 35.7 Å². The number of thiophene rings is 1. The number of aromatic nitrogens is 6. The fraction of sp³-hybridized carbons (Fsp3) is 0.182. The molecule has 1 amide bonds. The lowest BCUT2D eigenvalue weighted by molar-refractivity contribution is -0.127. The molecule has 1 N–H and O–H groups in total. The molecule has 5 aromatic rings. The second kappa shape index (κ2) is 8.88. The van der Waals surface area contributed by atoms with Gasteiger partial charge in [-0.3, -0.25) is 23.4 Å². The van der Waals surface area contributed by atoms with Crippen LogP contribution in [0.2, 0.25) is 0 Å². The molecule has 0 aliphatic heterocycles. The monoisotopic (exact) mass is 493 g/mol. The van der Waals surface area contributed by atoms with Crippen LogP contribution in [-0.2, 0) is 17.9 Å². The summed E-state index contributed by atoms with van der Waals surface area (Å²) in [4.78, 5) is 46.6. The molecule has 5 rings (SSSR count). The molecule has 0 spiro atoms. The minimum atomic E-state index is -0.211. The first kappa shape index (κ1) is 22.0. The van der Waals surface area contributed by atoms with E-state index in [9.17, 15) is 14.4 Å². The molecule has 0 aliphatic rings. The van der Waals surface area contributed by atoms with Crippen LogP contribution in [0, 0.1) is 0 Å². The molecular formula is C22H19N7O3S2. The van der Waals surface area contributed by atoms with E-state index in [0.29, 0.717) is 37.9 Å². The van der Waals surface area contributed by atoms with Gasteiger partial charge in [-0.15, -0.1) is 28.1 Å². The van der Waals surface area contributed by atoms with E-state index in [-0.39, 0.29) is 35.9 Å². The van der Waals surface area contributed by atoms with Gasteiger partial charge in [0.15, 0.2) is 5.16 Å². The quantitative estimate of drug-likeness (QED) is 0.273. The van der Waals surface area contributed by atoms with Crippen molar-refractivity contribution in [1.29, 1.82) is 0 Å². The molecule has 1 aromatic carbocycles. The normalized spacial score (nSPS) is 11.4. The lowest BCUT2D eigenvalue weighted by Crippen LogP contribution is -2.29. The van der Waals surface area contributed by atoms with E-state index in [0.717, 1.165) is 0 Å². The highest BCUT2D eigenvalue weighted by Crippen LogP contribution is 2.22. The molecule has 0 aliphatic carbocycles. The topological polar surface area (TPSA) is 118 Å². The minimum Gasteiger partial charge on any atom is -0.338 e. The molecule has 0 atom stereocenters. The molecule has 4 heterocycles. The van der Waals surface area contributed by atoms with Crippen LogP contribution >= 0.6 is 23.1 Å². The van der Waals surface area contributed by atoms with Crippen molar-refractivity contribution < 1.29 is 4.79 Å². The van der Waals surface area contributed by atoms with Gasteiger partial charge >= 0.3 is 0 Å². The molecule has 12 heteroatoms. The Bertz CT molecular complexity index is 1680. The summed E-state index contributed by atoms with van der Waals surface area (Å²) >= 11 is 2.55. The third-order valence-corrected chi connectivity index (χ3v) is 7.11. The maximum Gasteiger partial charge on any atom is 0.268 e. The predicted molar refractivity (Wildman–Crippen MR) is 132 cm³/mol. The van der Waals surface area contributed by atoms with Gasteiger partial charge in [0, 0.05) is 13.6 Å². The van der Waals surface area contributed by atoms with E-state index >= 15 is 0 Å². The second-order valence-electron chi connectivity index (χ2n) is 7.53. The highest BCUT2D eigenvalue weighted by atomic mass is 32.2. The third-order valence-electron chi connectivity index (χ3n) is 5.29. The van der Waals surface area contributed by atoms with Gasteiger partial charge in [0.2, 0.25) is 11.7 Å². The number of benzene rings is 1. The molecule has 172 valence electrons. The van der Waals surface area contributed by atoms with Crippen LogP contribution in [0.1, 0.15) is 5.82 Å². The average Bonchev–Trinajstić information content (AvgIpc) is 3.48. The summed E-state index contributed by atoms with van der Waals surface area (Å²) in [6.07, 6.45) is 1.63. The highest BCUT2D eigenvalue weighted by molar-refractivity contribution is 7.99. The number of hydrogen-bond acceptors (Lipinski definition) is 8. The van der Waals surface area contributed by atoms with Crippen molar-refractivity contribution in [2.75, 3.05) is 12.8 Å². The standard InChI is InChI=1S/C22H19N7O3S2/c1-3-9-28-20(32)13-6-4-5-7-15(13)29-21(28)25-26-22(29)34-12-17(30)27(2)11-16-23-14-8-10-33-18(14)19(31)24-16/h3-8,10H,1,9,11-12H2,2H3,(H,23,24,31). The molecule has 0 bridgehead atoms. The Morgan fingerprint density at radius 2 is 2.09 bits per heavy atom. The van der Waals surface area contributed by atoms with Crippen molar-refractivity contribution in [3.8, 4) is 0 Å². The van der Waals surface area contributed by atoms with Gasteiger partial charge in [0.25, 0.3) is 11.1 Å². The summed E-state index contributed by atoms with van der Waals surface area (Å²) in [5.74, 6) is 0.734. The Morgan fingerprint density at radius 3 is 2.91 bits per heavy atom.